The Kier molecular flexibility index (Phi) is 7.43. The molecule has 0 aliphatic heterocycles. The number of carbonyl (C=O) groups excluding carboxylic acids is 2. The lowest BCUT2D eigenvalue weighted by Crippen LogP contribution is -2.14. The second-order valence-corrected chi connectivity index (χ2v) is 7.23. The molecule has 142 valence electrons. The van der Waals surface area contributed by atoms with Crippen molar-refractivity contribution in [1.82, 2.24) is 0 Å². The van der Waals surface area contributed by atoms with Crippen molar-refractivity contribution in [3.8, 4) is 0 Å². The van der Waals surface area contributed by atoms with Gasteiger partial charge in [0.1, 0.15) is 0 Å². The van der Waals surface area contributed by atoms with E-state index in [1.807, 2.05) is 44.2 Å². The summed E-state index contributed by atoms with van der Waals surface area (Å²) in [5.41, 5.74) is 3.57. The maximum absolute atomic E-state index is 12.1. The van der Waals surface area contributed by atoms with Gasteiger partial charge in [-0.25, -0.2) is 0 Å². The fourth-order valence-corrected chi connectivity index (χ4v) is 3.17. The van der Waals surface area contributed by atoms with Gasteiger partial charge in [-0.1, -0.05) is 6.07 Å². The fraction of sp³-hybridized carbons (Fsp3) is 0.250. The number of nitrogens with one attached hydrogen (secondary N) is 2. The van der Waals surface area contributed by atoms with Gasteiger partial charge in [-0.15, -0.1) is 11.8 Å². The molecule has 7 heteroatoms. The number of aliphatic carboxylic acids is 1. The first-order chi connectivity index (χ1) is 12.8. The first-order valence-electron chi connectivity index (χ1n) is 8.44. The lowest BCUT2D eigenvalue weighted by molar-refractivity contribution is -0.138. The number of benzene rings is 2. The predicted molar refractivity (Wildman–Crippen MR) is 107 cm³/mol. The van der Waals surface area contributed by atoms with E-state index in [1.54, 1.807) is 12.1 Å². The molecule has 0 radical (unpaired) electrons. The summed E-state index contributed by atoms with van der Waals surface area (Å²) < 4.78 is 0. The molecule has 0 spiro atoms. The lowest BCUT2D eigenvalue weighted by Gasteiger charge is -2.08. The minimum absolute atomic E-state index is 0.0650. The first kappa shape index (κ1) is 20.5. The number of carboxylic acids is 1. The van der Waals surface area contributed by atoms with Crippen molar-refractivity contribution >= 4 is 40.9 Å². The van der Waals surface area contributed by atoms with Crippen LogP contribution in [-0.2, 0) is 14.4 Å². The summed E-state index contributed by atoms with van der Waals surface area (Å²) >= 11 is 1.40. The van der Waals surface area contributed by atoms with Crippen molar-refractivity contribution in [2.75, 3.05) is 16.4 Å². The van der Waals surface area contributed by atoms with Crippen molar-refractivity contribution in [1.29, 1.82) is 0 Å². The highest BCUT2D eigenvalue weighted by Crippen LogP contribution is 2.21. The molecule has 0 aliphatic carbocycles. The van der Waals surface area contributed by atoms with E-state index in [-0.39, 0.29) is 30.4 Å². The highest BCUT2D eigenvalue weighted by molar-refractivity contribution is 8.00. The summed E-state index contributed by atoms with van der Waals surface area (Å²) in [5, 5.41) is 14.1. The van der Waals surface area contributed by atoms with Crippen LogP contribution in [0.1, 0.15) is 24.0 Å². The number of thioether (sulfide) groups is 1. The molecule has 2 aromatic rings. The fourth-order valence-electron chi connectivity index (χ4n) is 2.47. The molecular weight excluding hydrogens is 364 g/mol. The van der Waals surface area contributed by atoms with Crippen molar-refractivity contribution in [3.05, 3.63) is 53.6 Å². The minimum Gasteiger partial charge on any atom is -0.481 e. The van der Waals surface area contributed by atoms with Crippen LogP contribution >= 0.6 is 11.8 Å². The zero-order chi connectivity index (χ0) is 19.8. The monoisotopic (exact) mass is 386 g/mol. The van der Waals surface area contributed by atoms with Gasteiger partial charge >= 0.3 is 5.97 Å². The molecule has 6 nitrogen and oxygen atoms in total. The zero-order valence-electron chi connectivity index (χ0n) is 15.2. The number of rotatable bonds is 8. The van der Waals surface area contributed by atoms with E-state index in [4.69, 9.17) is 5.11 Å². The van der Waals surface area contributed by atoms with Gasteiger partial charge in [-0.05, 0) is 61.4 Å². The van der Waals surface area contributed by atoms with E-state index in [9.17, 15) is 14.4 Å². The number of carboxylic acid groups (broad SMARTS) is 1. The van der Waals surface area contributed by atoms with Crippen LogP contribution in [-0.4, -0.2) is 28.6 Å². The van der Waals surface area contributed by atoms with Gasteiger partial charge in [-0.3, -0.25) is 14.4 Å². The molecule has 27 heavy (non-hydrogen) atoms. The molecule has 0 unspecified atom stereocenters. The molecule has 3 N–H and O–H groups in total. The van der Waals surface area contributed by atoms with E-state index < -0.39 is 5.97 Å². The Morgan fingerprint density at radius 3 is 2.04 bits per heavy atom. The Morgan fingerprint density at radius 1 is 0.852 bits per heavy atom. The Labute approximate surface area is 162 Å². The van der Waals surface area contributed by atoms with E-state index in [2.05, 4.69) is 10.6 Å². The molecule has 0 saturated carbocycles. The molecule has 0 aromatic heterocycles. The van der Waals surface area contributed by atoms with E-state index in [0.717, 1.165) is 21.7 Å². The molecule has 2 rings (SSSR count). The number of anilines is 2. The molecule has 0 atom stereocenters. The normalized spacial score (nSPS) is 10.3. The number of hydrogen-bond acceptors (Lipinski definition) is 4. The third-order valence-electron chi connectivity index (χ3n) is 3.58. The van der Waals surface area contributed by atoms with Crippen LogP contribution in [0.3, 0.4) is 0 Å². The van der Waals surface area contributed by atoms with Gasteiger partial charge in [0.2, 0.25) is 11.8 Å². The standard InChI is InChI=1S/C20H22N2O4S/c1-13-9-14(2)11-16(10-13)22-19(24)12-27-17-5-3-15(4-6-17)21-18(23)7-8-20(25)26/h3-6,9-11H,7-8,12H2,1-2H3,(H,21,23)(H,22,24)(H,25,26). The Balaban J connectivity index is 1.81. The Bertz CT molecular complexity index is 814. The van der Waals surface area contributed by atoms with Gasteiger partial charge in [0.05, 0.1) is 12.2 Å². The molecule has 0 heterocycles. The summed E-state index contributed by atoms with van der Waals surface area (Å²) in [6.45, 7) is 3.97. The molecule has 2 amide bonds. The van der Waals surface area contributed by atoms with Crippen molar-refractivity contribution in [2.24, 2.45) is 0 Å². The van der Waals surface area contributed by atoms with Gasteiger partial charge in [0, 0.05) is 22.7 Å². The van der Waals surface area contributed by atoms with Crippen LogP contribution in [0.5, 0.6) is 0 Å². The van der Waals surface area contributed by atoms with Gasteiger partial charge in [-0.2, -0.15) is 0 Å². The third-order valence-corrected chi connectivity index (χ3v) is 4.59. The summed E-state index contributed by atoms with van der Waals surface area (Å²) in [5.74, 6) is -1.16. The topological polar surface area (TPSA) is 95.5 Å². The van der Waals surface area contributed by atoms with Gasteiger partial charge < -0.3 is 15.7 Å². The quantitative estimate of drug-likeness (QED) is 0.599. The van der Waals surface area contributed by atoms with E-state index >= 15 is 0 Å². The highest BCUT2D eigenvalue weighted by atomic mass is 32.2. The predicted octanol–water partition coefficient (Wildman–Crippen LogP) is 3.84. The molecule has 0 aliphatic rings. The molecule has 0 fully saturated rings. The van der Waals surface area contributed by atoms with Crippen LogP contribution in [0.15, 0.2) is 47.4 Å². The van der Waals surface area contributed by atoms with E-state index in [0.29, 0.717) is 5.69 Å². The van der Waals surface area contributed by atoms with Crippen LogP contribution in [0, 0.1) is 13.8 Å². The van der Waals surface area contributed by atoms with Crippen molar-refractivity contribution in [3.63, 3.8) is 0 Å². The number of amides is 2. The number of hydrogen-bond donors (Lipinski definition) is 3. The summed E-state index contributed by atoms with van der Waals surface area (Å²) in [6.07, 6.45) is -0.264. The molecule has 0 saturated heterocycles. The van der Waals surface area contributed by atoms with Crippen LogP contribution in [0.25, 0.3) is 0 Å². The Hall–Kier alpha value is -2.80. The smallest absolute Gasteiger partial charge is 0.303 e. The first-order valence-corrected chi connectivity index (χ1v) is 9.43. The third kappa shape index (κ3) is 7.53. The summed E-state index contributed by atoms with van der Waals surface area (Å²) in [4.78, 5) is 35.1. The maximum atomic E-state index is 12.1. The highest BCUT2D eigenvalue weighted by Gasteiger charge is 2.07. The average Bonchev–Trinajstić information content (AvgIpc) is 2.58. The second-order valence-electron chi connectivity index (χ2n) is 6.18. The zero-order valence-corrected chi connectivity index (χ0v) is 16.1. The molecular formula is C20H22N2O4S. The van der Waals surface area contributed by atoms with E-state index in [1.165, 1.54) is 11.8 Å². The number of carbonyl (C=O) groups is 3. The molecule has 2 aromatic carbocycles. The molecule has 0 bridgehead atoms. The minimum atomic E-state index is -1.00. The van der Waals surface area contributed by atoms with Gasteiger partial charge in [0.25, 0.3) is 0 Å². The maximum Gasteiger partial charge on any atom is 0.303 e. The Morgan fingerprint density at radius 2 is 1.44 bits per heavy atom. The van der Waals surface area contributed by atoms with Crippen LogP contribution in [0.2, 0.25) is 0 Å². The largest absolute Gasteiger partial charge is 0.481 e. The van der Waals surface area contributed by atoms with Crippen molar-refractivity contribution in [2.45, 2.75) is 31.6 Å². The lowest BCUT2D eigenvalue weighted by atomic mass is 10.1. The number of aryl methyl sites for hydroxylation is 2. The SMILES string of the molecule is Cc1cc(C)cc(NC(=O)CSc2ccc(NC(=O)CCC(=O)O)cc2)c1. The van der Waals surface area contributed by atoms with Crippen LogP contribution in [0.4, 0.5) is 11.4 Å². The average molecular weight is 386 g/mol. The van der Waals surface area contributed by atoms with Crippen LogP contribution < -0.4 is 10.6 Å². The van der Waals surface area contributed by atoms with Gasteiger partial charge in [0.15, 0.2) is 0 Å². The van der Waals surface area contributed by atoms with Crippen molar-refractivity contribution < 1.29 is 19.5 Å². The second kappa shape index (κ2) is 9.78. The summed E-state index contributed by atoms with van der Waals surface area (Å²) in [6, 6.07) is 13.0. The summed E-state index contributed by atoms with van der Waals surface area (Å²) in [7, 11) is 0.